The molecule has 0 aromatic heterocycles. The Kier molecular flexibility index (Phi) is 3.51. The summed E-state index contributed by atoms with van der Waals surface area (Å²) < 4.78 is 9.62. The number of ether oxygens (including phenoxy) is 2. The summed E-state index contributed by atoms with van der Waals surface area (Å²) in [5.41, 5.74) is 0.988. The molecule has 0 saturated heterocycles. The Labute approximate surface area is 127 Å². The Hall–Kier alpha value is -2.88. The third kappa shape index (κ3) is 2.19. The molecular formula is C18H14O4. The largest absolute Gasteiger partial charge is 0.465 e. The molecule has 3 aromatic rings. The number of esters is 2. The Balaban J connectivity index is 2.38. The second kappa shape index (κ2) is 5.48. The van der Waals surface area contributed by atoms with E-state index in [4.69, 9.17) is 9.47 Å². The maximum Gasteiger partial charge on any atom is 0.338 e. The second-order valence-corrected chi connectivity index (χ2v) is 4.89. The Morgan fingerprint density at radius 3 is 2.14 bits per heavy atom. The predicted octanol–water partition coefficient (Wildman–Crippen LogP) is 3.57. The van der Waals surface area contributed by atoms with Gasteiger partial charge in [-0.05, 0) is 39.7 Å². The highest BCUT2D eigenvalue weighted by Gasteiger charge is 2.14. The molecule has 3 rings (SSSR count). The summed E-state index contributed by atoms with van der Waals surface area (Å²) in [6, 6.07) is 14.6. The summed E-state index contributed by atoms with van der Waals surface area (Å²) in [6.07, 6.45) is 0. The summed E-state index contributed by atoms with van der Waals surface area (Å²) in [7, 11) is 2.71. The SMILES string of the molecule is COC(=O)c1ccc2cc(C(=O)OC)c3ccccc3c2c1. The maximum atomic E-state index is 12.0. The van der Waals surface area contributed by atoms with Gasteiger partial charge in [0, 0.05) is 0 Å². The first-order valence-corrected chi connectivity index (χ1v) is 6.78. The highest BCUT2D eigenvalue weighted by Crippen LogP contribution is 2.30. The van der Waals surface area contributed by atoms with Gasteiger partial charge in [-0.3, -0.25) is 0 Å². The first-order chi connectivity index (χ1) is 10.7. The van der Waals surface area contributed by atoms with Crippen LogP contribution in [0.1, 0.15) is 20.7 Å². The first-order valence-electron chi connectivity index (χ1n) is 6.78. The number of methoxy groups -OCH3 is 2. The van der Waals surface area contributed by atoms with E-state index in [1.54, 1.807) is 24.3 Å². The molecule has 0 heterocycles. The second-order valence-electron chi connectivity index (χ2n) is 4.89. The zero-order chi connectivity index (χ0) is 15.7. The van der Waals surface area contributed by atoms with Gasteiger partial charge in [0.1, 0.15) is 0 Å². The fourth-order valence-corrected chi connectivity index (χ4v) is 2.63. The fraction of sp³-hybridized carbons (Fsp3) is 0.111. The minimum atomic E-state index is -0.386. The van der Waals surface area contributed by atoms with Gasteiger partial charge in [-0.1, -0.05) is 30.3 Å². The molecule has 22 heavy (non-hydrogen) atoms. The molecule has 0 aliphatic carbocycles. The smallest absolute Gasteiger partial charge is 0.338 e. The number of hydrogen-bond donors (Lipinski definition) is 0. The van der Waals surface area contributed by atoms with Gasteiger partial charge in [-0.25, -0.2) is 9.59 Å². The van der Waals surface area contributed by atoms with Crippen molar-refractivity contribution < 1.29 is 19.1 Å². The molecule has 0 bridgehead atoms. The lowest BCUT2D eigenvalue weighted by atomic mass is 9.96. The van der Waals surface area contributed by atoms with E-state index in [1.807, 2.05) is 24.3 Å². The zero-order valence-corrected chi connectivity index (χ0v) is 12.3. The van der Waals surface area contributed by atoms with E-state index >= 15 is 0 Å². The van der Waals surface area contributed by atoms with Crippen LogP contribution in [0, 0.1) is 0 Å². The number of rotatable bonds is 2. The van der Waals surface area contributed by atoms with Crippen LogP contribution in [0.25, 0.3) is 21.5 Å². The Bertz CT molecular complexity index is 896. The Morgan fingerprint density at radius 1 is 0.773 bits per heavy atom. The number of carbonyl (C=O) groups excluding carboxylic acids is 2. The molecule has 0 aliphatic rings. The van der Waals surface area contributed by atoms with E-state index in [9.17, 15) is 9.59 Å². The van der Waals surface area contributed by atoms with Crippen LogP contribution in [0.4, 0.5) is 0 Å². The van der Waals surface area contributed by atoms with Gasteiger partial charge in [0.05, 0.1) is 25.3 Å². The molecule has 0 unspecified atom stereocenters. The quantitative estimate of drug-likeness (QED) is 0.535. The lowest BCUT2D eigenvalue weighted by molar-refractivity contribution is 0.0592. The molecule has 0 atom stereocenters. The van der Waals surface area contributed by atoms with E-state index in [1.165, 1.54) is 14.2 Å². The van der Waals surface area contributed by atoms with Crippen LogP contribution in [0.15, 0.2) is 48.5 Å². The average molecular weight is 294 g/mol. The highest BCUT2D eigenvalue weighted by atomic mass is 16.5. The van der Waals surface area contributed by atoms with Gasteiger partial charge in [0.25, 0.3) is 0 Å². The first kappa shape index (κ1) is 14.1. The molecule has 110 valence electrons. The van der Waals surface area contributed by atoms with Gasteiger partial charge in [-0.2, -0.15) is 0 Å². The highest BCUT2D eigenvalue weighted by molar-refractivity contribution is 6.16. The summed E-state index contributed by atoms with van der Waals surface area (Å²) in [5, 5.41) is 3.45. The fourth-order valence-electron chi connectivity index (χ4n) is 2.63. The van der Waals surface area contributed by atoms with Crippen molar-refractivity contribution in [3.8, 4) is 0 Å². The maximum absolute atomic E-state index is 12.0. The van der Waals surface area contributed by atoms with Gasteiger partial charge in [0.2, 0.25) is 0 Å². The van der Waals surface area contributed by atoms with Crippen LogP contribution < -0.4 is 0 Å². The molecule has 0 radical (unpaired) electrons. The molecule has 0 aliphatic heterocycles. The van der Waals surface area contributed by atoms with Crippen LogP contribution in [0.3, 0.4) is 0 Å². The van der Waals surface area contributed by atoms with Crippen LogP contribution in [0.5, 0.6) is 0 Å². The third-order valence-electron chi connectivity index (χ3n) is 3.69. The van der Waals surface area contributed by atoms with Crippen molar-refractivity contribution in [3.63, 3.8) is 0 Å². The van der Waals surface area contributed by atoms with Crippen molar-refractivity contribution in [2.75, 3.05) is 14.2 Å². The molecule has 0 amide bonds. The lowest BCUT2D eigenvalue weighted by Crippen LogP contribution is -2.03. The van der Waals surface area contributed by atoms with Crippen molar-refractivity contribution in [1.82, 2.24) is 0 Å². The van der Waals surface area contributed by atoms with Gasteiger partial charge >= 0.3 is 11.9 Å². The molecule has 0 fully saturated rings. The molecular weight excluding hydrogens is 280 g/mol. The lowest BCUT2D eigenvalue weighted by Gasteiger charge is -2.10. The van der Waals surface area contributed by atoms with Crippen molar-refractivity contribution in [3.05, 3.63) is 59.7 Å². The number of benzene rings is 3. The average Bonchev–Trinajstić information content (AvgIpc) is 2.59. The summed E-state index contributed by atoms with van der Waals surface area (Å²) in [6.45, 7) is 0. The van der Waals surface area contributed by atoms with E-state index in [0.29, 0.717) is 11.1 Å². The number of fused-ring (bicyclic) bond motifs is 3. The van der Waals surface area contributed by atoms with Crippen LogP contribution in [0.2, 0.25) is 0 Å². The standard InChI is InChI=1S/C18H14O4/c1-21-17(19)12-8-7-11-9-16(18(20)22-2)14-6-4-3-5-13(14)15(11)10-12/h3-10H,1-2H3. The summed E-state index contributed by atoms with van der Waals surface area (Å²) in [4.78, 5) is 23.7. The number of carbonyl (C=O) groups is 2. The van der Waals surface area contributed by atoms with Crippen LogP contribution in [-0.4, -0.2) is 26.2 Å². The van der Waals surface area contributed by atoms with Gasteiger partial charge < -0.3 is 9.47 Å². The molecule has 0 saturated carbocycles. The monoisotopic (exact) mass is 294 g/mol. The third-order valence-corrected chi connectivity index (χ3v) is 3.69. The predicted molar refractivity (Wildman–Crippen MR) is 84.1 cm³/mol. The molecule has 4 nitrogen and oxygen atoms in total. The number of hydrogen-bond acceptors (Lipinski definition) is 4. The molecule has 3 aromatic carbocycles. The normalized spacial score (nSPS) is 10.6. The molecule has 0 N–H and O–H groups in total. The summed E-state index contributed by atoms with van der Waals surface area (Å²) >= 11 is 0. The zero-order valence-electron chi connectivity index (χ0n) is 12.3. The van der Waals surface area contributed by atoms with E-state index in [0.717, 1.165) is 21.5 Å². The van der Waals surface area contributed by atoms with Crippen LogP contribution >= 0.6 is 0 Å². The topological polar surface area (TPSA) is 52.6 Å². The van der Waals surface area contributed by atoms with Crippen molar-refractivity contribution in [2.24, 2.45) is 0 Å². The molecule has 0 spiro atoms. The minimum Gasteiger partial charge on any atom is -0.465 e. The van der Waals surface area contributed by atoms with Crippen molar-refractivity contribution >= 4 is 33.5 Å². The Morgan fingerprint density at radius 2 is 1.45 bits per heavy atom. The van der Waals surface area contributed by atoms with E-state index in [2.05, 4.69) is 0 Å². The van der Waals surface area contributed by atoms with Crippen molar-refractivity contribution in [1.29, 1.82) is 0 Å². The minimum absolute atomic E-state index is 0.379. The molecule has 4 heteroatoms. The summed E-state index contributed by atoms with van der Waals surface area (Å²) in [5.74, 6) is -0.766. The van der Waals surface area contributed by atoms with Gasteiger partial charge in [0.15, 0.2) is 0 Å². The van der Waals surface area contributed by atoms with Crippen LogP contribution in [-0.2, 0) is 9.47 Å². The van der Waals surface area contributed by atoms with Crippen molar-refractivity contribution in [2.45, 2.75) is 0 Å². The van der Waals surface area contributed by atoms with E-state index < -0.39 is 0 Å². The van der Waals surface area contributed by atoms with Gasteiger partial charge in [-0.15, -0.1) is 0 Å². The van der Waals surface area contributed by atoms with E-state index in [-0.39, 0.29) is 11.9 Å².